The Morgan fingerprint density at radius 1 is 1.11 bits per heavy atom. The second-order valence-electron chi connectivity index (χ2n) is 8.58. The highest BCUT2D eigenvalue weighted by atomic mass is 19.1. The number of aliphatic hydroxyl groups is 1. The number of rotatable bonds is 10. The highest BCUT2D eigenvalue weighted by Crippen LogP contribution is 2.25. The molecular weight excluding hydrogens is 482 g/mol. The van der Waals surface area contributed by atoms with Crippen molar-refractivity contribution in [1.29, 1.82) is 0 Å². The van der Waals surface area contributed by atoms with Crippen molar-refractivity contribution in [1.82, 2.24) is 14.9 Å². The van der Waals surface area contributed by atoms with Gasteiger partial charge in [-0.15, -0.1) is 0 Å². The number of nitrogens with one attached hydrogen (secondary N) is 1. The van der Waals surface area contributed by atoms with Crippen molar-refractivity contribution < 1.29 is 28.2 Å². The van der Waals surface area contributed by atoms with Crippen LogP contribution in [0.5, 0.6) is 11.6 Å². The Hall–Kier alpha value is -4.02. The molecule has 0 spiro atoms. The highest BCUT2D eigenvalue weighted by Gasteiger charge is 2.21. The normalized spacial score (nSPS) is 11.9. The molecule has 1 atom stereocenters. The Kier molecular flexibility index (Phi) is 8.00. The summed E-state index contributed by atoms with van der Waals surface area (Å²) in [6.45, 7) is 3.40. The lowest BCUT2D eigenvalue weighted by Crippen LogP contribution is -2.32. The largest absolute Gasteiger partial charge is 0.491 e. The Balaban J connectivity index is 1.52. The maximum atomic E-state index is 14.0. The summed E-state index contributed by atoms with van der Waals surface area (Å²) >= 11 is 0. The van der Waals surface area contributed by atoms with Gasteiger partial charge in [0.25, 0.3) is 5.91 Å². The van der Waals surface area contributed by atoms with Crippen molar-refractivity contribution in [3.63, 3.8) is 0 Å². The Morgan fingerprint density at radius 3 is 2.57 bits per heavy atom. The molecule has 0 radical (unpaired) electrons. The molecule has 0 bridgehead atoms. The summed E-state index contributed by atoms with van der Waals surface area (Å²) in [6.07, 6.45) is 0. The van der Waals surface area contributed by atoms with E-state index in [1.165, 1.54) is 10.6 Å². The zero-order valence-corrected chi connectivity index (χ0v) is 20.5. The summed E-state index contributed by atoms with van der Waals surface area (Å²) in [7, 11) is 0. The highest BCUT2D eigenvalue weighted by molar-refractivity contribution is 6.02. The molecule has 0 aliphatic carbocycles. The molecule has 194 valence electrons. The molecule has 10 heteroatoms. The maximum absolute atomic E-state index is 14.0. The molecule has 4 rings (SSSR count). The molecule has 1 unspecified atom stereocenters. The van der Waals surface area contributed by atoms with Crippen LogP contribution in [0.4, 0.5) is 8.78 Å². The summed E-state index contributed by atoms with van der Waals surface area (Å²) in [6, 6.07) is 13.7. The van der Waals surface area contributed by atoms with Crippen LogP contribution in [0.2, 0.25) is 0 Å². The average Bonchev–Trinajstić information content (AvgIpc) is 3.21. The van der Waals surface area contributed by atoms with Crippen LogP contribution in [0.15, 0.2) is 54.6 Å². The number of nitrogens with two attached hydrogens (primary N) is 1. The fourth-order valence-electron chi connectivity index (χ4n) is 3.97. The first kappa shape index (κ1) is 26.1. The smallest absolute Gasteiger partial charge is 0.255 e. The van der Waals surface area contributed by atoms with Crippen LogP contribution >= 0.6 is 0 Å². The first-order valence-electron chi connectivity index (χ1n) is 11.7. The molecular formula is C27H28F2N4O4. The molecule has 0 fully saturated rings. The second-order valence-corrected chi connectivity index (χ2v) is 8.58. The number of amides is 1. The average molecular weight is 511 g/mol. The number of fused-ring (bicyclic) bond motifs is 1. The van der Waals surface area contributed by atoms with Crippen LogP contribution in [-0.2, 0) is 6.61 Å². The van der Waals surface area contributed by atoms with Gasteiger partial charge in [-0.3, -0.25) is 4.79 Å². The zero-order valence-electron chi connectivity index (χ0n) is 20.5. The fraction of sp³-hybridized carbons (Fsp3) is 0.259. The van der Waals surface area contributed by atoms with Gasteiger partial charge in [-0.25, -0.2) is 8.78 Å². The summed E-state index contributed by atoms with van der Waals surface area (Å²) in [5.41, 5.74) is 8.93. The van der Waals surface area contributed by atoms with E-state index in [0.717, 1.165) is 23.3 Å². The number of ether oxygens (including phenoxy) is 2. The summed E-state index contributed by atoms with van der Waals surface area (Å²) < 4.78 is 40.7. The van der Waals surface area contributed by atoms with Crippen molar-refractivity contribution in [2.24, 2.45) is 5.73 Å². The van der Waals surface area contributed by atoms with E-state index in [9.17, 15) is 13.6 Å². The summed E-state index contributed by atoms with van der Waals surface area (Å²) in [5, 5.41) is 16.2. The van der Waals surface area contributed by atoms with Crippen molar-refractivity contribution in [3.8, 4) is 11.6 Å². The Bertz CT molecular complexity index is 1400. The summed E-state index contributed by atoms with van der Waals surface area (Å²) in [5.74, 6) is -0.960. The number of halogens is 2. The molecule has 4 N–H and O–H groups in total. The van der Waals surface area contributed by atoms with E-state index in [1.54, 1.807) is 37.3 Å². The van der Waals surface area contributed by atoms with Gasteiger partial charge in [0.15, 0.2) is 0 Å². The van der Waals surface area contributed by atoms with E-state index in [1.807, 2.05) is 13.0 Å². The molecule has 0 saturated heterocycles. The van der Waals surface area contributed by atoms with Gasteiger partial charge >= 0.3 is 0 Å². The number of hydrogen-bond donors (Lipinski definition) is 3. The third kappa shape index (κ3) is 5.87. The van der Waals surface area contributed by atoms with Crippen molar-refractivity contribution in [2.45, 2.75) is 26.5 Å². The van der Waals surface area contributed by atoms with Crippen LogP contribution < -0.4 is 20.5 Å². The molecule has 37 heavy (non-hydrogen) atoms. The fourth-order valence-corrected chi connectivity index (χ4v) is 3.97. The molecule has 0 saturated carbocycles. The van der Waals surface area contributed by atoms with Crippen LogP contribution in [-0.4, -0.2) is 40.4 Å². The van der Waals surface area contributed by atoms with Gasteiger partial charge in [-0.2, -0.15) is 9.61 Å². The maximum Gasteiger partial charge on any atom is 0.255 e. The van der Waals surface area contributed by atoms with Gasteiger partial charge in [0, 0.05) is 18.7 Å². The third-order valence-corrected chi connectivity index (χ3v) is 5.80. The van der Waals surface area contributed by atoms with E-state index in [4.69, 9.17) is 20.3 Å². The molecule has 1 amide bonds. The lowest BCUT2D eigenvalue weighted by Gasteiger charge is -2.15. The number of benzene rings is 2. The predicted octanol–water partition coefficient (Wildman–Crippen LogP) is 3.61. The van der Waals surface area contributed by atoms with Gasteiger partial charge in [-0.05, 0) is 55.3 Å². The van der Waals surface area contributed by atoms with Crippen LogP contribution in [0.3, 0.4) is 0 Å². The second kappa shape index (κ2) is 11.4. The lowest BCUT2D eigenvalue weighted by molar-refractivity contribution is 0.0952. The number of aromatic nitrogens is 2. The van der Waals surface area contributed by atoms with Gasteiger partial charge < -0.3 is 25.6 Å². The van der Waals surface area contributed by atoms with Crippen molar-refractivity contribution in [3.05, 3.63) is 94.2 Å². The third-order valence-electron chi connectivity index (χ3n) is 5.80. The number of hydrogen-bond acceptors (Lipinski definition) is 6. The van der Waals surface area contributed by atoms with E-state index >= 15 is 0 Å². The molecule has 2 aromatic carbocycles. The molecule has 2 heterocycles. The van der Waals surface area contributed by atoms with E-state index in [-0.39, 0.29) is 43.7 Å². The number of aliphatic hydroxyl groups excluding tert-OH is 1. The van der Waals surface area contributed by atoms with Gasteiger partial charge in [0.05, 0.1) is 28.9 Å². The Morgan fingerprint density at radius 2 is 1.84 bits per heavy atom. The first-order valence-corrected chi connectivity index (χ1v) is 11.7. The van der Waals surface area contributed by atoms with Crippen LogP contribution in [0.25, 0.3) is 5.52 Å². The SMILES string of the molecule is Cc1cc(OCc2c(F)cccc2F)n2nc(C)c(C(=O)NCC(N)c3cccc(OCCO)c3)c2c1. The van der Waals surface area contributed by atoms with E-state index < -0.39 is 17.7 Å². The molecule has 8 nitrogen and oxygen atoms in total. The van der Waals surface area contributed by atoms with Gasteiger partial charge in [0.2, 0.25) is 5.88 Å². The number of pyridine rings is 1. The molecule has 2 aromatic heterocycles. The monoisotopic (exact) mass is 510 g/mol. The van der Waals surface area contributed by atoms with Crippen LogP contribution in [0.1, 0.15) is 38.8 Å². The van der Waals surface area contributed by atoms with Crippen LogP contribution in [0, 0.1) is 25.5 Å². The lowest BCUT2D eigenvalue weighted by atomic mass is 10.1. The topological polar surface area (TPSA) is 111 Å². The predicted molar refractivity (Wildman–Crippen MR) is 134 cm³/mol. The molecule has 4 aromatic rings. The van der Waals surface area contributed by atoms with Gasteiger partial charge in [0.1, 0.15) is 30.6 Å². The summed E-state index contributed by atoms with van der Waals surface area (Å²) in [4.78, 5) is 13.2. The minimum absolute atomic E-state index is 0.0996. The standard InChI is InChI=1S/C27H28F2N4O4/c1-16-11-24-26(27(35)31-14-23(30)18-5-3-6-19(13-18)36-10-9-34)17(2)32-33(24)25(12-16)37-15-20-21(28)7-4-8-22(20)29/h3-8,11-13,23,34H,9-10,14-15,30H2,1-2H3,(H,31,35). The van der Waals surface area contributed by atoms with E-state index in [0.29, 0.717) is 22.5 Å². The number of nitrogens with zero attached hydrogens (tertiary/aromatic N) is 2. The van der Waals surface area contributed by atoms with E-state index in [2.05, 4.69) is 10.4 Å². The minimum atomic E-state index is -0.706. The Labute approximate surface area is 212 Å². The number of aryl methyl sites for hydroxylation is 2. The quantitative estimate of drug-likeness (QED) is 0.301. The zero-order chi connectivity index (χ0) is 26.5. The minimum Gasteiger partial charge on any atom is -0.491 e. The molecule has 0 aliphatic rings. The van der Waals surface area contributed by atoms with Crippen molar-refractivity contribution in [2.75, 3.05) is 19.8 Å². The van der Waals surface area contributed by atoms with Gasteiger partial charge in [-0.1, -0.05) is 18.2 Å². The first-order chi connectivity index (χ1) is 17.8. The molecule has 0 aliphatic heterocycles. The number of carbonyl (C=O) groups is 1. The van der Waals surface area contributed by atoms with Crippen molar-refractivity contribution >= 4 is 11.4 Å². The number of carbonyl (C=O) groups excluding carboxylic acids is 1.